The Hall–Kier alpha value is -2.03. The second-order valence-electron chi connectivity index (χ2n) is 5.32. The van der Waals surface area contributed by atoms with E-state index in [0.29, 0.717) is 6.42 Å². The highest BCUT2D eigenvalue weighted by Crippen LogP contribution is 2.25. The average Bonchev–Trinajstić information content (AvgIpc) is 2.78. The third kappa shape index (κ3) is 3.05. The molecule has 0 spiro atoms. The van der Waals surface area contributed by atoms with Gasteiger partial charge in [0, 0.05) is 10.9 Å². The molecule has 3 nitrogen and oxygen atoms in total. The molecule has 0 amide bonds. The molecule has 100 valence electrons. The zero-order chi connectivity index (χ0) is 13.9. The van der Waals surface area contributed by atoms with Crippen LogP contribution in [0.25, 0.3) is 17.0 Å². The quantitative estimate of drug-likeness (QED) is 0.868. The fourth-order valence-corrected chi connectivity index (χ4v) is 1.89. The molecule has 1 heterocycles. The van der Waals surface area contributed by atoms with Crippen LogP contribution in [0.2, 0.25) is 0 Å². The van der Waals surface area contributed by atoms with Crippen molar-refractivity contribution in [2.75, 3.05) is 0 Å². The second-order valence-corrected chi connectivity index (χ2v) is 5.32. The number of benzene rings is 1. The van der Waals surface area contributed by atoms with Gasteiger partial charge in [0.1, 0.15) is 5.58 Å². The topological polar surface area (TPSA) is 50.4 Å². The molecule has 1 N–H and O–H groups in total. The number of carboxylic acid groups (broad SMARTS) is 1. The summed E-state index contributed by atoms with van der Waals surface area (Å²) in [5, 5.41) is 10.1. The Balaban J connectivity index is 2.02. The van der Waals surface area contributed by atoms with Gasteiger partial charge in [0.15, 0.2) is 0 Å². The smallest absolute Gasteiger partial charge is 0.309 e. The van der Waals surface area contributed by atoms with E-state index in [-0.39, 0.29) is 0 Å². The summed E-state index contributed by atoms with van der Waals surface area (Å²) >= 11 is 0. The van der Waals surface area contributed by atoms with Crippen molar-refractivity contribution in [3.05, 3.63) is 42.2 Å². The molecule has 1 aromatic carbocycles. The molecule has 0 fully saturated rings. The molecule has 0 saturated heterocycles. The van der Waals surface area contributed by atoms with E-state index in [2.05, 4.69) is 0 Å². The number of fused-ring (bicyclic) bond motifs is 1. The highest BCUT2D eigenvalue weighted by atomic mass is 16.4. The number of rotatable bonds is 5. The largest absolute Gasteiger partial charge is 0.481 e. The Morgan fingerprint density at radius 2 is 2.11 bits per heavy atom. The summed E-state index contributed by atoms with van der Waals surface area (Å²) in [6.07, 6.45) is 7.07. The lowest BCUT2D eigenvalue weighted by atomic mass is 9.88. The lowest BCUT2D eigenvalue weighted by Crippen LogP contribution is -2.22. The van der Waals surface area contributed by atoms with Gasteiger partial charge in [-0.3, -0.25) is 4.79 Å². The van der Waals surface area contributed by atoms with Crippen molar-refractivity contribution in [1.29, 1.82) is 0 Å². The van der Waals surface area contributed by atoms with Gasteiger partial charge in [0.2, 0.25) is 0 Å². The Bertz CT molecular complexity index is 605. The van der Waals surface area contributed by atoms with Gasteiger partial charge in [-0.05, 0) is 32.8 Å². The lowest BCUT2D eigenvalue weighted by Gasteiger charge is -2.17. The van der Waals surface area contributed by atoms with Crippen molar-refractivity contribution < 1.29 is 14.3 Å². The van der Waals surface area contributed by atoms with Gasteiger partial charge in [0.05, 0.1) is 11.7 Å². The molecule has 2 rings (SSSR count). The zero-order valence-electron chi connectivity index (χ0n) is 11.2. The maximum atomic E-state index is 11.0. The highest BCUT2D eigenvalue weighted by Gasteiger charge is 2.25. The summed E-state index contributed by atoms with van der Waals surface area (Å²) in [7, 11) is 0. The monoisotopic (exact) mass is 258 g/mol. The molecular formula is C16H18O3. The van der Waals surface area contributed by atoms with Crippen molar-refractivity contribution in [1.82, 2.24) is 0 Å². The summed E-state index contributed by atoms with van der Waals surface area (Å²) in [5.41, 5.74) is 1.22. The molecule has 1 aromatic heterocycles. The van der Waals surface area contributed by atoms with Crippen molar-refractivity contribution in [2.45, 2.75) is 26.7 Å². The Morgan fingerprint density at radius 1 is 1.37 bits per heavy atom. The van der Waals surface area contributed by atoms with Gasteiger partial charge in [-0.25, -0.2) is 0 Å². The lowest BCUT2D eigenvalue weighted by molar-refractivity contribution is -0.147. The first-order chi connectivity index (χ1) is 9.00. The summed E-state index contributed by atoms with van der Waals surface area (Å²) < 4.78 is 5.44. The van der Waals surface area contributed by atoms with Crippen LogP contribution >= 0.6 is 0 Å². The van der Waals surface area contributed by atoms with Crippen LogP contribution < -0.4 is 0 Å². The number of carboxylic acids is 1. The van der Waals surface area contributed by atoms with Crippen LogP contribution in [-0.4, -0.2) is 11.1 Å². The predicted octanol–water partition coefficient (Wildman–Crippen LogP) is 4.34. The number of aliphatic carboxylic acids is 1. The molecule has 0 saturated carbocycles. The van der Waals surface area contributed by atoms with Crippen LogP contribution in [0.15, 0.2) is 41.0 Å². The number of furan rings is 1. The number of hydrogen-bond acceptors (Lipinski definition) is 2. The molecule has 0 aliphatic heterocycles. The van der Waals surface area contributed by atoms with Crippen LogP contribution in [0.5, 0.6) is 0 Å². The predicted molar refractivity (Wildman–Crippen MR) is 75.9 cm³/mol. The van der Waals surface area contributed by atoms with Crippen LogP contribution in [-0.2, 0) is 4.79 Å². The third-order valence-electron chi connectivity index (χ3n) is 3.32. The second kappa shape index (κ2) is 5.31. The molecule has 0 bridgehead atoms. The Morgan fingerprint density at radius 3 is 2.84 bits per heavy atom. The van der Waals surface area contributed by atoms with Crippen LogP contribution in [0.1, 0.15) is 32.3 Å². The maximum Gasteiger partial charge on any atom is 0.309 e. The summed E-state index contributed by atoms with van der Waals surface area (Å²) in [5.74, 6) is -0.755. The first-order valence-electron chi connectivity index (χ1n) is 6.37. The fourth-order valence-electron chi connectivity index (χ4n) is 1.89. The van der Waals surface area contributed by atoms with E-state index in [0.717, 1.165) is 23.0 Å². The standard InChI is InChI=1S/C16H18O3/c1-16(2,15(17)18)10-6-5-7-12-11-19-14-9-4-3-8-13(12)14/h3-5,7-9,11H,6,10H2,1-2H3,(H,17,18)/b7-5+. The number of para-hydroxylation sites is 1. The van der Waals surface area contributed by atoms with Gasteiger partial charge in [-0.2, -0.15) is 0 Å². The summed E-state index contributed by atoms with van der Waals surface area (Å²) in [4.78, 5) is 11.0. The Kier molecular flexibility index (Phi) is 3.74. The minimum atomic E-state index is -0.755. The Labute approximate surface area is 112 Å². The SMILES string of the molecule is CC(C)(CC/C=C/c1coc2ccccc12)C(=O)O. The van der Waals surface area contributed by atoms with Crippen molar-refractivity contribution in [2.24, 2.45) is 5.41 Å². The molecule has 0 aliphatic carbocycles. The molecule has 19 heavy (non-hydrogen) atoms. The summed E-state index contributed by atoms with van der Waals surface area (Å²) in [6, 6.07) is 7.86. The molecule has 2 aromatic rings. The van der Waals surface area contributed by atoms with Crippen LogP contribution in [0, 0.1) is 5.41 Å². The molecular weight excluding hydrogens is 240 g/mol. The average molecular weight is 258 g/mol. The highest BCUT2D eigenvalue weighted by molar-refractivity contribution is 5.86. The number of allylic oxidation sites excluding steroid dienone is 1. The maximum absolute atomic E-state index is 11.0. The van der Waals surface area contributed by atoms with Gasteiger partial charge in [-0.1, -0.05) is 30.4 Å². The first-order valence-corrected chi connectivity index (χ1v) is 6.37. The molecule has 3 heteroatoms. The third-order valence-corrected chi connectivity index (χ3v) is 3.32. The molecule has 0 atom stereocenters. The minimum absolute atomic E-state index is 0.620. The normalized spacial score (nSPS) is 12.3. The van der Waals surface area contributed by atoms with Crippen LogP contribution in [0.4, 0.5) is 0 Å². The van der Waals surface area contributed by atoms with E-state index >= 15 is 0 Å². The summed E-state index contributed by atoms with van der Waals surface area (Å²) in [6.45, 7) is 3.49. The van der Waals surface area contributed by atoms with E-state index in [1.54, 1.807) is 20.1 Å². The molecule has 0 radical (unpaired) electrons. The zero-order valence-corrected chi connectivity index (χ0v) is 11.2. The van der Waals surface area contributed by atoms with E-state index in [9.17, 15) is 4.79 Å². The van der Waals surface area contributed by atoms with Gasteiger partial charge < -0.3 is 9.52 Å². The van der Waals surface area contributed by atoms with Gasteiger partial charge >= 0.3 is 5.97 Å². The van der Waals surface area contributed by atoms with E-state index in [1.165, 1.54) is 0 Å². The van der Waals surface area contributed by atoms with E-state index in [1.807, 2.05) is 36.4 Å². The van der Waals surface area contributed by atoms with E-state index < -0.39 is 11.4 Å². The van der Waals surface area contributed by atoms with Crippen LogP contribution in [0.3, 0.4) is 0 Å². The fraction of sp³-hybridized carbons (Fsp3) is 0.312. The minimum Gasteiger partial charge on any atom is -0.481 e. The van der Waals surface area contributed by atoms with Crippen molar-refractivity contribution in [3.8, 4) is 0 Å². The van der Waals surface area contributed by atoms with E-state index in [4.69, 9.17) is 9.52 Å². The van der Waals surface area contributed by atoms with Gasteiger partial charge in [-0.15, -0.1) is 0 Å². The van der Waals surface area contributed by atoms with Crippen molar-refractivity contribution >= 4 is 23.0 Å². The van der Waals surface area contributed by atoms with Crippen molar-refractivity contribution in [3.63, 3.8) is 0 Å². The first kappa shape index (κ1) is 13.4. The number of hydrogen-bond donors (Lipinski definition) is 1. The molecule has 0 unspecified atom stereocenters. The molecule has 0 aliphatic rings. The number of carbonyl (C=O) groups is 1. The van der Waals surface area contributed by atoms with Gasteiger partial charge in [0.25, 0.3) is 0 Å².